The highest BCUT2D eigenvalue weighted by Crippen LogP contribution is 2.38. The van der Waals surface area contributed by atoms with E-state index in [0.29, 0.717) is 0 Å². The number of hydrogen-bond acceptors (Lipinski definition) is 3. The van der Waals surface area contributed by atoms with Crippen LogP contribution >= 0.6 is 23.5 Å². The van der Waals surface area contributed by atoms with Gasteiger partial charge in [-0.1, -0.05) is 0 Å². The Kier molecular flexibility index (Phi) is 5.21. The van der Waals surface area contributed by atoms with Crippen LogP contribution in [-0.4, -0.2) is 12.5 Å². The van der Waals surface area contributed by atoms with Crippen molar-refractivity contribution in [3.63, 3.8) is 0 Å². The van der Waals surface area contributed by atoms with Crippen molar-refractivity contribution < 1.29 is 0 Å². The molecule has 1 nitrogen and oxygen atoms in total. The second-order valence-electron chi connectivity index (χ2n) is 3.18. The minimum Gasteiger partial charge on any atom is -0.193 e. The van der Waals surface area contributed by atoms with Crippen molar-refractivity contribution >= 4 is 23.5 Å². The Labute approximate surface area is 94.6 Å². The fourth-order valence-electron chi connectivity index (χ4n) is 1.73. The summed E-state index contributed by atoms with van der Waals surface area (Å²) in [6.07, 6.45) is 10.7. The van der Waals surface area contributed by atoms with Crippen LogP contribution in [-0.2, 0) is 0 Å². The van der Waals surface area contributed by atoms with Gasteiger partial charge in [0.25, 0.3) is 0 Å². The highest BCUT2D eigenvalue weighted by atomic mass is 32.2. The lowest BCUT2D eigenvalue weighted by Gasteiger charge is -2.19. The van der Waals surface area contributed by atoms with Gasteiger partial charge in [0.05, 0.1) is 6.07 Å². The lowest BCUT2D eigenvalue weighted by atomic mass is 9.90. The molecule has 0 saturated heterocycles. The van der Waals surface area contributed by atoms with E-state index in [2.05, 4.69) is 18.6 Å². The predicted octanol–water partition coefficient (Wildman–Crippen LogP) is 3.95. The van der Waals surface area contributed by atoms with E-state index in [1.165, 1.54) is 28.2 Å². The fraction of sp³-hybridized carbons (Fsp3) is 0.545. The maximum Gasteiger partial charge on any atom is 0.0915 e. The van der Waals surface area contributed by atoms with Crippen LogP contribution in [0.2, 0.25) is 0 Å². The smallest absolute Gasteiger partial charge is 0.0915 e. The molecule has 0 radical (unpaired) electrons. The van der Waals surface area contributed by atoms with Gasteiger partial charge >= 0.3 is 0 Å². The molecule has 0 N–H and O–H groups in total. The predicted molar refractivity (Wildman–Crippen MR) is 66.2 cm³/mol. The SMILES string of the molecule is CSC(SC)=C1CCCCC1=CC#N. The first kappa shape index (κ1) is 11.7. The third-order valence-corrected chi connectivity index (χ3v) is 4.60. The van der Waals surface area contributed by atoms with Crippen molar-refractivity contribution in [2.45, 2.75) is 25.7 Å². The molecular weight excluding hydrogens is 210 g/mol. The van der Waals surface area contributed by atoms with Crippen molar-refractivity contribution in [3.05, 3.63) is 21.5 Å². The molecule has 1 rings (SSSR count). The van der Waals surface area contributed by atoms with Gasteiger partial charge in [0.15, 0.2) is 0 Å². The Bertz CT molecular complexity index is 291. The first-order chi connectivity index (χ1) is 6.83. The highest BCUT2D eigenvalue weighted by molar-refractivity contribution is 8.21. The largest absolute Gasteiger partial charge is 0.193 e. The van der Waals surface area contributed by atoms with Crippen LogP contribution in [0.15, 0.2) is 21.5 Å². The second kappa shape index (κ2) is 6.21. The number of nitriles is 1. The normalized spacial score (nSPS) is 19.5. The van der Waals surface area contributed by atoms with E-state index in [9.17, 15) is 0 Å². The Morgan fingerprint density at radius 2 is 1.93 bits per heavy atom. The molecular formula is C11H15NS2. The van der Waals surface area contributed by atoms with Crippen LogP contribution in [0.1, 0.15) is 25.7 Å². The molecule has 0 aromatic rings. The Morgan fingerprint density at radius 1 is 1.29 bits per heavy atom. The van der Waals surface area contributed by atoms with Crippen LogP contribution < -0.4 is 0 Å². The van der Waals surface area contributed by atoms with Gasteiger partial charge in [0, 0.05) is 10.3 Å². The summed E-state index contributed by atoms with van der Waals surface area (Å²) in [7, 11) is 0. The van der Waals surface area contributed by atoms with Crippen molar-refractivity contribution in [2.24, 2.45) is 0 Å². The lowest BCUT2D eigenvalue weighted by molar-refractivity contribution is 0.679. The van der Waals surface area contributed by atoms with Crippen LogP contribution in [0, 0.1) is 11.3 Å². The summed E-state index contributed by atoms with van der Waals surface area (Å²) in [6, 6.07) is 2.16. The Hall–Kier alpha value is -0.330. The average Bonchev–Trinajstić information content (AvgIpc) is 2.23. The fourth-order valence-corrected chi connectivity index (χ4v) is 3.35. The van der Waals surface area contributed by atoms with E-state index in [1.807, 2.05) is 0 Å². The third-order valence-electron chi connectivity index (χ3n) is 2.37. The highest BCUT2D eigenvalue weighted by Gasteiger charge is 2.15. The van der Waals surface area contributed by atoms with Crippen LogP contribution in [0.3, 0.4) is 0 Å². The van der Waals surface area contributed by atoms with Crippen molar-refractivity contribution in [3.8, 4) is 6.07 Å². The van der Waals surface area contributed by atoms with Gasteiger partial charge in [-0.3, -0.25) is 0 Å². The van der Waals surface area contributed by atoms with Gasteiger partial charge in [-0.25, -0.2) is 0 Å². The zero-order valence-electron chi connectivity index (χ0n) is 8.67. The molecule has 0 aromatic carbocycles. The molecule has 1 fully saturated rings. The third kappa shape index (κ3) is 2.83. The topological polar surface area (TPSA) is 23.8 Å². The summed E-state index contributed by atoms with van der Waals surface area (Å²) in [6.45, 7) is 0. The molecule has 0 amide bonds. The molecule has 0 bridgehead atoms. The van der Waals surface area contributed by atoms with Crippen molar-refractivity contribution in [1.29, 1.82) is 5.26 Å². The van der Waals surface area contributed by atoms with E-state index in [0.717, 1.165) is 12.8 Å². The summed E-state index contributed by atoms with van der Waals surface area (Å²) < 4.78 is 1.38. The molecule has 0 unspecified atom stereocenters. The monoisotopic (exact) mass is 225 g/mol. The zero-order valence-corrected chi connectivity index (χ0v) is 10.3. The van der Waals surface area contributed by atoms with Crippen LogP contribution in [0.4, 0.5) is 0 Å². The zero-order chi connectivity index (χ0) is 10.4. The van der Waals surface area contributed by atoms with Crippen molar-refractivity contribution in [1.82, 2.24) is 0 Å². The summed E-state index contributed by atoms with van der Waals surface area (Å²) in [5.41, 5.74) is 2.68. The molecule has 0 aromatic heterocycles. The number of hydrogen-bond donors (Lipinski definition) is 0. The van der Waals surface area contributed by atoms with E-state index < -0.39 is 0 Å². The number of allylic oxidation sites excluding steroid dienone is 3. The number of nitrogens with zero attached hydrogens (tertiary/aromatic N) is 1. The Morgan fingerprint density at radius 3 is 2.50 bits per heavy atom. The maximum atomic E-state index is 8.70. The molecule has 0 aliphatic heterocycles. The number of rotatable bonds is 2. The van der Waals surface area contributed by atoms with Crippen LogP contribution in [0.5, 0.6) is 0 Å². The van der Waals surface area contributed by atoms with E-state index in [4.69, 9.17) is 5.26 Å². The molecule has 1 saturated carbocycles. The summed E-state index contributed by atoms with van der Waals surface area (Å²) in [4.78, 5) is 0. The van der Waals surface area contributed by atoms with E-state index in [1.54, 1.807) is 29.6 Å². The lowest BCUT2D eigenvalue weighted by Crippen LogP contribution is -2.00. The molecule has 0 heterocycles. The van der Waals surface area contributed by atoms with Crippen LogP contribution in [0.25, 0.3) is 0 Å². The molecule has 14 heavy (non-hydrogen) atoms. The van der Waals surface area contributed by atoms with Crippen molar-refractivity contribution in [2.75, 3.05) is 12.5 Å². The van der Waals surface area contributed by atoms with E-state index in [-0.39, 0.29) is 0 Å². The first-order valence-electron chi connectivity index (χ1n) is 4.73. The summed E-state index contributed by atoms with van der Waals surface area (Å²) >= 11 is 3.60. The van der Waals surface area contributed by atoms with Gasteiger partial charge in [0.1, 0.15) is 0 Å². The van der Waals surface area contributed by atoms with Gasteiger partial charge in [-0.2, -0.15) is 5.26 Å². The Balaban J connectivity index is 2.98. The molecule has 1 aliphatic rings. The minimum atomic E-state index is 1.08. The quantitative estimate of drug-likeness (QED) is 0.665. The molecule has 0 spiro atoms. The first-order valence-corrected chi connectivity index (χ1v) is 7.18. The van der Waals surface area contributed by atoms with Gasteiger partial charge in [-0.15, -0.1) is 23.5 Å². The molecule has 3 heteroatoms. The summed E-state index contributed by atoms with van der Waals surface area (Å²) in [5, 5.41) is 8.70. The molecule has 0 atom stereocenters. The van der Waals surface area contributed by atoms with Gasteiger partial charge in [-0.05, 0) is 49.3 Å². The van der Waals surface area contributed by atoms with Gasteiger partial charge < -0.3 is 0 Å². The van der Waals surface area contributed by atoms with E-state index >= 15 is 0 Å². The minimum absolute atomic E-state index is 1.08. The maximum absolute atomic E-state index is 8.70. The second-order valence-corrected chi connectivity index (χ2v) is 5.07. The molecule has 76 valence electrons. The average molecular weight is 225 g/mol. The van der Waals surface area contributed by atoms with Gasteiger partial charge in [0.2, 0.25) is 0 Å². The summed E-state index contributed by atoms with van der Waals surface area (Å²) in [5.74, 6) is 0. The molecule has 1 aliphatic carbocycles. The number of thioether (sulfide) groups is 2. The standard InChI is InChI=1S/C11H15NS2/c1-13-11(14-2)10-6-4-3-5-9(10)7-8-12/h7H,3-6H2,1-2H3.